The Kier molecular flexibility index (Phi) is 5.55. The lowest BCUT2D eigenvalue weighted by molar-refractivity contribution is 0.574. The van der Waals surface area contributed by atoms with Crippen molar-refractivity contribution in [2.45, 2.75) is 38.1 Å². The number of pyridine rings is 1. The summed E-state index contributed by atoms with van der Waals surface area (Å²) in [6.07, 6.45) is 4.66. The van der Waals surface area contributed by atoms with Crippen LogP contribution in [0.25, 0.3) is 0 Å². The third-order valence-electron chi connectivity index (χ3n) is 4.62. The van der Waals surface area contributed by atoms with Crippen LogP contribution in [0.15, 0.2) is 41.6 Å². The molecule has 1 aromatic carbocycles. The van der Waals surface area contributed by atoms with E-state index >= 15 is 0 Å². The second-order valence-electron chi connectivity index (χ2n) is 6.68. The van der Waals surface area contributed by atoms with Gasteiger partial charge in [-0.3, -0.25) is 9.29 Å². The lowest BCUT2D eigenvalue weighted by Gasteiger charge is -2.30. The van der Waals surface area contributed by atoms with Crippen LogP contribution in [0.2, 0.25) is 0 Å². The van der Waals surface area contributed by atoms with Gasteiger partial charge >= 0.3 is 0 Å². The second-order valence-corrected chi connectivity index (χ2v) is 10.4. The van der Waals surface area contributed by atoms with Crippen LogP contribution >= 0.6 is 0 Å². The predicted octanol–water partition coefficient (Wildman–Crippen LogP) is 2.11. The Morgan fingerprint density at radius 1 is 1.11 bits per heavy atom. The number of nitrogens with one attached hydrogen (secondary N) is 1. The van der Waals surface area contributed by atoms with Crippen molar-refractivity contribution >= 4 is 25.7 Å². The monoisotopic (exact) mass is 409 g/mol. The van der Waals surface area contributed by atoms with Crippen LogP contribution in [-0.2, 0) is 26.6 Å². The van der Waals surface area contributed by atoms with E-state index in [-0.39, 0.29) is 17.2 Å². The van der Waals surface area contributed by atoms with Crippen molar-refractivity contribution in [3.8, 4) is 0 Å². The zero-order chi connectivity index (χ0) is 19.7. The lowest BCUT2D eigenvalue weighted by atomic mass is 10.1. The normalized spacial score (nSPS) is 17.0. The number of aryl methyl sites for hydroxylation is 2. The molecule has 2 heterocycles. The second kappa shape index (κ2) is 7.57. The maximum absolute atomic E-state index is 12.7. The minimum absolute atomic E-state index is 0.124. The molecule has 1 aliphatic rings. The van der Waals surface area contributed by atoms with Crippen molar-refractivity contribution in [3.63, 3.8) is 0 Å². The summed E-state index contributed by atoms with van der Waals surface area (Å²) in [5, 5.41) is 0. The molecule has 0 radical (unpaired) electrons. The van der Waals surface area contributed by atoms with Gasteiger partial charge in [0.2, 0.25) is 20.0 Å². The van der Waals surface area contributed by atoms with Crippen LogP contribution in [0.5, 0.6) is 0 Å². The van der Waals surface area contributed by atoms with E-state index in [9.17, 15) is 16.8 Å². The highest BCUT2D eigenvalue weighted by molar-refractivity contribution is 7.92. The highest BCUT2D eigenvalue weighted by atomic mass is 32.2. The molecule has 0 saturated carbocycles. The number of hydrogen-bond donors (Lipinski definition) is 1. The SMILES string of the molecule is Cc1cc(S(=O)(=O)NCc2ccncc2)c(C)cc1N1CCCCS1(=O)=O. The average molecular weight is 410 g/mol. The van der Waals surface area contributed by atoms with Crippen molar-refractivity contribution in [1.29, 1.82) is 0 Å². The van der Waals surface area contributed by atoms with Gasteiger partial charge in [-0.15, -0.1) is 0 Å². The van der Waals surface area contributed by atoms with Crippen LogP contribution in [0, 0.1) is 13.8 Å². The molecule has 1 aliphatic heterocycles. The molecule has 1 aromatic heterocycles. The number of anilines is 1. The third kappa shape index (κ3) is 4.31. The number of hydrogen-bond acceptors (Lipinski definition) is 5. The van der Waals surface area contributed by atoms with Crippen molar-refractivity contribution in [2.24, 2.45) is 0 Å². The Morgan fingerprint density at radius 2 is 1.81 bits per heavy atom. The summed E-state index contributed by atoms with van der Waals surface area (Å²) in [5.41, 5.74) is 2.49. The average Bonchev–Trinajstić information content (AvgIpc) is 2.62. The predicted molar refractivity (Wildman–Crippen MR) is 105 cm³/mol. The highest BCUT2D eigenvalue weighted by Crippen LogP contribution is 2.31. The molecule has 3 rings (SSSR count). The molecule has 9 heteroatoms. The summed E-state index contributed by atoms with van der Waals surface area (Å²) in [6, 6.07) is 6.68. The first-order valence-corrected chi connectivity index (χ1v) is 11.8. The van der Waals surface area contributed by atoms with Gasteiger partial charge in [0.25, 0.3) is 0 Å². The fourth-order valence-corrected chi connectivity index (χ4v) is 6.17. The van der Waals surface area contributed by atoms with Gasteiger partial charge < -0.3 is 0 Å². The van der Waals surface area contributed by atoms with Gasteiger partial charge in [-0.05, 0) is 67.6 Å². The van der Waals surface area contributed by atoms with Crippen LogP contribution in [-0.4, -0.2) is 34.1 Å². The van der Waals surface area contributed by atoms with Gasteiger partial charge in [0.05, 0.1) is 16.3 Å². The molecule has 0 aliphatic carbocycles. The number of aromatic nitrogens is 1. The van der Waals surface area contributed by atoms with Gasteiger partial charge in [-0.2, -0.15) is 0 Å². The van der Waals surface area contributed by atoms with Crippen LogP contribution in [0.4, 0.5) is 5.69 Å². The number of benzene rings is 1. The van der Waals surface area contributed by atoms with E-state index in [2.05, 4.69) is 9.71 Å². The number of sulfonamides is 2. The Labute approximate surface area is 160 Å². The maximum Gasteiger partial charge on any atom is 0.241 e. The molecule has 0 bridgehead atoms. The van der Waals surface area contributed by atoms with Crippen LogP contribution in [0.3, 0.4) is 0 Å². The summed E-state index contributed by atoms with van der Waals surface area (Å²) in [7, 11) is -7.07. The van der Waals surface area contributed by atoms with E-state index in [0.29, 0.717) is 29.8 Å². The summed E-state index contributed by atoms with van der Waals surface area (Å²) in [5.74, 6) is 0.124. The van der Waals surface area contributed by atoms with E-state index in [1.54, 1.807) is 50.5 Å². The molecule has 146 valence electrons. The first-order valence-electron chi connectivity index (χ1n) is 8.71. The summed E-state index contributed by atoms with van der Waals surface area (Å²) >= 11 is 0. The summed E-state index contributed by atoms with van der Waals surface area (Å²) in [4.78, 5) is 4.07. The molecule has 1 saturated heterocycles. The van der Waals surface area contributed by atoms with Crippen LogP contribution < -0.4 is 9.03 Å². The molecule has 2 aromatic rings. The fraction of sp³-hybridized carbons (Fsp3) is 0.389. The van der Waals surface area contributed by atoms with E-state index in [1.807, 2.05) is 0 Å². The molecule has 0 unspecified atom stereocenters. The molecule has 0 spiro atoms. The lowest BCUT2D eigenvalue weighted by Crippen LogP contribution is -2.38. The zero-order valence-corrected chi connectivity index (χ0v) is 17.0. The largest absolute Gasteiger partial charge is 0.270 e. The minimum atomic E-state index is -3.73. The Morgan fingerprint density at radius 3 is 2.48 bits per heavy atom. The smallest absolute Gasteiger partial charge is 0.241 e. The van der Waals surface area contributed by atoms with Gasteiger partial charge in [0, 0.05) is 25.5 Å². The van der Waals surface area contributed by atoms with E-state index in [0.717, 1.165) is 12.0 Å². The molecule has 0 atom stereocenters. The Hall–Kier alpha value is -1.97. The summed E-state index contributed by atoms with van der Waals surface area (Å²) < 4.78 is 54.2. The molecule has 1 N–H and O–H groups in total. The minimum Gasteiger partial charge on any atom is -0.270 e. The standard InChI is InChI=1S/C18H23N3O4S2/c1-14-12-18(27(24,25)20-13-16-5-7-19-8-6-16)15(2)11-17(14)21-9-3-4-10-26(21,22)23/h5-8,11-12,20H,3-4,9-10,13H2,1-2H3. The van der Waals surface area contributed by atoms with Crippen LogP contribution in [0.1, 0.15) is 29.5 Å². The summed E-state index contributed by atoms with van der Waals surface area (Å²) in [6.45, 7) is 4.00. The highest BCUT2D eigenvalue weighted by Gasteiger charge is 2.28. The van der Waals surface area contributed by atoms with Gasteiger partial charge in [0.1, 0.15) is 0 Å². The Balaban J connectivity index is 1.90. The molecule has 7 nitrogen and oxygen atoms in total. The van der Waals surface area contributed by atoms with Crippen molar-refractivity contribution in [3.05, 3.63) is 53.3 Å². The van der Waals surface area contributed by atoms with Crippen molar-refractivity contribution in [2.75, 3.05) is 16.6 Å². The molecular formula is C18H23N3O4S2. The number of nitrogens with zero attached hydrogens (tertiary/aromatic N) is 2. The number of rotatable bonds is 5. The molecule has 0 amide bonds. The first kappa shape index (κ1) is 19.8. The van der Waals surface area contributed by atoms with E-state index < -0.39 is 20.0 Å². The van der Waals surface area contributed by atoms with Gasteiger partial charge in [-0.25, -0.2) is 21.6 Å². The van der Waals surface area contributed by atoms with Gasteiger partial charge in [-0.1, -0.05) is 0 Å². The zero-order valence-electron chi connectivity index (χ0n) is 15.3. The molecule has 1 fully saturated rings. The first-order chi connectivity index (χ1) is 12.7. The topological polar surface area (TPSA) is 96.4 Å². The Bertz CT molecular complexity index is 1040. The third-order valence-corrected chi connectivity index (χ3v) is 8.02. The maximum atomic E-state index is 12.7. The van der Waals surface area contributed by atoms with E-state index in [1.165, 1.54) is 4.31 Å². The van der Waals surface area contributed by atoms with Crippen molar-refractivity contribution in [1.82, 2.24) is 9.71 Å². The van der Waals surface area contributed by atoms with E-state index in [4.69, 9.17) is 0 Å². The fourth-order valence-electron chi connectivity index (χ4n) is 3.15. The van der Waals surface area contributed by atoms with Gasteiger partial charge in [0.15, 0.2) is 0 Å². The quantitative estimate of drug-likeness (QED) is 0.816. The molecular weight excluding hydrogens is 386 g/mol. The van der Waals surface area contributed by atoms with Crippen molar-refractivity contribution < 1.29 is 16.8 Å². The molecule has 27 heavy (non-hydrogen) atoms.